The standard InChI is InChI=1S/C15H24N4O/c1-3-19-6-4-12(5-7-19)9-18-15(20)13-10-17-11(2)8-14(13)16/h8,10,12H,3-7,9H2,1-2H3,(H2,16,17)(H,18,20). The molecule has 0 unspecified atom stereocenters. The summed E-state index contributed by atoms with van der Waals surface area (Å²) in [7, 11) is 0. The van der Waals surface area contributed by atoms with Crippen LogP contribution in [0, 0.1) is 12.8 Å². The number of hydrogen-bond donors (Lipinski definition) is 2. The number of amides is 1. The molecule has 5 heteroatoms. The summed E-state index contributed by atoms with van der Waals surface area (Å²) < 4.78 is 0. The molecule has 0 aliphatic carbocycles. The van der Waals surface area contributed by atoms with Gasteiger partial charge in [-0.1, -0.05) is 6.92 Å². The summed E-state index contributed by atoms with van der Waals surface area (Å²) >= 11 is 0. The van der Waals surface area contributed by atoms with Gasteiger partial charge < -0.3 is 16.0 Å². The molecule has 0 atom stereocenters. The zero-order valence-electron chi connectivity index (χ0n) is 12.4. The van der Waals surface area contributed by atoms with E-state index < -0.39 is 0 Å². The molecule has 1 aliphatic heterocycles. The SMILES string of the molecule is CCN1CCC(CNC(=O)c2cnc(C)cc2N)CC1. The summed E-state index contributed by atoms with van der Waals surface area (Å²) in [5.74, 6) is 0.453. The van der Waals surface area contributed by atoms with Crippen molar-refractivity contribution in [2.75, 3.05) is 31.9 Å². The Kier molecular flexibility index (Phi) is 4.95. The van der Waals surface area contributed by atoms with Crippen molar-refractivity contribution < 1.29 is 4.79 Å². The van der Waals surface area contributed by atoms with Crippen LogP contribution in [-0.4, -0.2) is 42.0 Å². The van der Waals surface area contributed by atoms with Crippen LogP contribution in [-0.2, 0) is 0 Å². The van der Waals surface area contributed by atoms with Gasteiger partial charge in [-0.2, -0.15) is 0 Å². The van der Waals surface area contributed by atoms with Gasteiger partial charge in [0.15, 0.2) is 0 Å². The molecular weight excluding hydrogens is 252 g/mol. The van der Waals surface area contributed by atoms with E-state index >= 15 is 0 Å². The number of hydrogen-bond acceptors (Lipinski definition) is 4. The lowest BCUT2D eigenvalue weighted by Crippen LogP contribution is -2.38. The lowest BCUT2D eigenvalue weighted by atomic mass is 9.97. The maximum absolute atomic E-state index is 12.1. The first-order chi connectivity index (χ1) is 9.60. The van der Waals surface area contributed by atoms with Crippen LogP contribution in [0.3, 0.4) is 0 Å². The second kappa shape index (κ2) is 6.70. The summed E-state index contributed by atoms with van der Waals surface area (Å²) in [5.41, 5.74) is 7.65. The van der Waals surface area contributed by atoms with Gasteiger partial charge >= 0.3 is 0 Å². The first kappa shape index (κ1) is 14.8. The van der Waals surface area contributed by atoms with Gasteiger partial charge in [0.1, 0.15) is 0 Å². The predicted octanol–water partition coefficient (Wildman–Crippen LogP) is 1.43. The van der Waals surface area contributed by atoms with Gasteiger partial charge in [-0.05, 0) is 51.4 Å². The summed E-state index contributed by atoms with van der Waals surface area (Å²) in [6.45, 7) is 8.15. The van der Waals surface area contributed by atoms with Gasteiger partial charge in [0.25, 0.3) is 5.91 Å². The molecule has 0 saturated carbocycles. The summed E-state index contributed by atoms with van der Waals surface area (Å²) in [6, 6.07) is 1.73. The molecule has 2 heterocycles. The van der Waals surface area contributed by atoms with Crippen molar-refractivity contribution in [2.45, 2.75) is 26.7 Å². The highest BCUT2D eigenvalue weighted by Gasteiger charge is 2.19. The van der Waals surface area contributed by atoms with Gasteiger partial charge in [-0.25, -0.2) is 0 Å². The van der Waals surface area contributed by atoms with Gasteiger partial charge in [-0.15, -0.1) is 0 Å². The van der Waals surface area contributed by atoms with E-state index in [4.69, 9.17) is 5.73 Å². The van der Waals surface area contributed by atoms with E-state index in [1.165, 1.54) is 0 Å². The molecule has 1 aromatic rings. The molecule has 5 nitrogen and oxygen atoms in total. The topological polar surface area (TPSA) is 71.2 Å². The van der Waals surface area contributed by atoms with Crippen LogP contribution in [0.5, 0.6) is 0 Å². The van der Waals surface area contributed by atoms with Gasteiger partial charge in [-0.3, -0.25) is 9.78 Å². The Morgan fingerprint density at radius 2 is 2.20 bits per heavy atom. The molecule has 1 aliphatic rings. The Balaban J connectivity index is 1.83. The number of rotatable bonds is 4. The number of nitrogens with one attached hydrogen (secondary N) is 1. The third-order valence-electron chi connectivity index (χ3n) is 4.02. The lowest BCUT2D eigenvalue weighted by Gasteiger charge is -2.31. The molecule has 1 fully saturated rings. The van der Waals surface area contributed by atoms with E-state index in [9.17, 15) is 4.79 Å². The summed E-state index contributed by atoms with van der Waals surface area (Å²) in [6.07, 6.45) is 3.85. The van der Waals surface area contributed by atoms with Crippen LogP contribution in [0.1, 0.15) is 35.8 Å². The van der Waals surface area contributed by atoms with Crippen LogP contribution in [0.15, 0.2) is 12.3 Å². The second-order valence-corrected chi connectivity index (χ2v) is 5.50. The molecule has 1 aromatic heterocycles. The molecule has 20 heavy (non-hydrogen) atoms. The molecule has 0 bridgehead atoms. The van der Waals surface area contributed by atoms with E-state index in [0.717, 1.165) is 44.7 Å². The number of aromatic nitrogens is 1. The number of pyridine rings is 1. The fourth-order valence-corrected chi connectivity index (χ4v) is 2.61. The van der Waals surface area contributed by atoms with Gasteiger partial charge in [0, 0.05) is 24.1 Å². The number of nitrogen functional groups attached to an aromatic ring is 1. The van der Waals surface area contributed by atoms with E-state index in [0.29, 0.717) is 17.2 Å². The molecule has 0 spiro atoms. The van der Waals surface area contributed by atoms with Crippen molar-refractivity contribution in [1.82, 2.24) is 15.2 Å². The highest BCUT2D eigenvalue weighted by molar-refractivity contribution is 5.98. The third-order valence-corrected chi connectivity index (χ3v) is 4.02. The smallest absolute Gasteiger partial charge is 0.254 e. The predicted molar refractivity (Wildman–Crippen MR) is 80.6 cm³/mol. The fourth-order valence-electron chi connectivity index (χ4n) is 2.61. The van der Waals surface area contributed by atoms with Crippen molar-refractivity contribution in [3.05, 3.63) is 23.5 Å². The number of likely N-dealkylation sites (tertiary alicyclic amines) is 1. The van der Waals surface area contributed by atoms with Gasteiger partial charge in [0.05, 0.1) is 5.56 Å². The Hall–Kier alpha value is -1.62. The zero-order valence-corrected chi connectivity index (χ0v) is 12.4. The van der Waals surface area contributed by atoms with Crippen LogP contribution in [0.2, 0.25) is 0 Å². The highest BCUT2D eigenvalue weighted by Crippen LogP contribution is 2.16. The van der Waals surface area contributed by atoms with Crippen LogP contribution in [0.4, 0.5) is 5.69 Å². The quantitative estimate of drug-likeness (QED) is 0.873. The Labute approximate surface area is 120 Å². The molecule has 1 amide bonds. The average molecular weight is 276 g/mol. The number of anilines is 1. The maximum atomic E-state index is 12.1. The average Bonchev–Trinajstić information content (AvgIpc) is 2.45. The molecule has 0 aromatic carbocycles. The molecule has 0 radical (unpaired) electrons. The van der Waals surface area contributed by atoms with E-state index in [1.54, 1.807) is 12.3 Å². The first-order valence-corrected chi connectivity index (χ1v) is 7.32. The number of nitrogens with two attached hydrogens (primary N) is 1. The monoisotopic (exact) mass is 276 g/mol. The molecule has 1 saturated heterocycles. The third kappa shape index (κ3) is 3.70. The van der Waals surface area contributed by atoms with Crippen LogP contribution in [0.25, 0.3) is 0 Å². The number of nitrogens with zero attached hydrogens (tertiary/aromatic N) is 2. The number of carbonyl (C=O) groups excluding carboxylic acids is 1. The van der Waals surface area contributed by atoms with Gasteiger partial charge in [0.2, 0.25) is 0 Å². The minimum absolute atomic E-state index is 0.118. The fraction of sp³-hybridized carbons (Fsp3) is 0.600. The normalized spacial score (nSPS) is 17.1. The number of aryl methyl sites for hydroxylation is 1. The van der Waals surface area contributed by atoms with Crippen LogP contribution < -0.4 is 11.1 Å². The zero-order chi connectivity index (χ0) is 14.5. The summed E-state index contributed by atoms with van der Waals surface area (Å²) in [5, 5.41) is 2.98. The van der Waals surface area contributed by atoms with Crippen molar-refractivity contribution in [3.63, 3.8) is 0 Å². The molecule has 2 rings (SSSR count). The minimum Gasteiger partial charge on any atom is -0.398 e. The first-order valence-electron chi connectivity index (χ1n) is 7.32. The van der Waals surface area contributed by atoms with Crippen LogP contribution >= 0.6 is 0 Å². The lowest BCUT2D eigenvalue weighted by molar-refractivity contribution is 0.0937. The van der Waals surface area contributed by atoms with E-state index in [2.05, 4.69) is 22.1 Å². The summed E-state index contributed by atoms with van der Waals surface area (Å²) in [4.78, 5) is 18.7. The molecular formula is C15H24N4O. The minimum atomic E-state index is -0.118. The van der Waals surface area contributed by atoms with Crippen molar-refractivity contribution in [1.29, 1.82) is 0 Å². The molecule has 110 valence electrons. The number of carbonyl (C=O) groups is 1. The van der Waals surface area contributed by atoms with E-state index in [1.807, 2.05) is 6.92 Å². The highest BCUT2D eigenvalue weighted by atomic mass is 16.1. The van der Waals surface area contributed by atoms with E-state index in [-0.39, 0.29) is 5.91 Å². The Morgan fingerprint density at radius 3 is 2.80 bits per heavy atom. The Morgan fingerprint density at radius 1 is 1.50 bits per heavy atom. The maximum Gasteiger partial charge on any atom is 0.254 e. The second-order valence-electron chi connectivity index (χ2n) is 5.50. The Bertz CT molecular complexity index is 467. The largest absolute Gasteiger partial charge is 0.398 e. The molecule has 3 N–H and O–H groups in total. The number of piperidine rings is 1. The van der Waals surface area contributed by atoms with Crippen molar-refractivity contribution in [3.8, 4) is 0 Å². The van der Waals surface area contributed by atoms with Crippen molar-refractivity contribution >= 4 is 11.6 Å². The van der Waals surface area contributed by atoms with Crippen molar-refractivity contribution in [2.24, 2.45) is 5.92 Å².